The topological polar surface area (TPSA) is 82.0 Å². The van der Waals surface area contributed by atoms with Crippen LogP contribution in [0.15, 0.2) is 18.2 Å². The maximum atomic E-state index is 10.4. The molecule has 0 aromatic carbocycles. The van der Waals surface area contributed by atoms with Gasteiger partial charge in [0.15, 0.2) is 0 Å². The van der Waals surface area contributed by atoms with Gasteiger partial charge in [-0.1, -0.05) is 0 Å². The van der Waals surface area contributed by atoms with Gasteiger partial charge in [-0.15, -0.1) is 0 Å². The minimum Gasteiger partial charge on any atom is -0.384 e. The maximum Gasteiger partial charge on any atom is 0.241 e. The Kier molecular flexibility index (Phi) is 2.64. The summed E-state index contributed by atoms with van der Waals surface area (Å²) < 4.78 is 0. The monoisotopic (exact) mass is 177 g/mol. The van der Waals surface area contributed by atoms with Crippen LogP contribution in [0.3, 0.4) is 0 Å². The van der Waals surface area contributed by atoms with E-state index < -0.39 is 5.91 Å². The predicted molar refractivity (Wildman–Crippen MR) is 51.6 cm³/mol. The molecule has 4 heteroatoms. The Morgan fingerprint density at radius 2 is 2.23 bits per heavy atom. The Morgan fingerprint density at radius 1 is 1.54 bits per heavy atom. The molecule has 1 aromatic rings. The van der Waals surface area contributed by atoms with E-state index in [4.69, 9.17) is 11.5 Å². The minimum absolute atomic E-state index is 0.466. The molecule has 0 atom stereocenters. The molecule has 0 bridgehead atoms. The van der Waals surface area contributed by atoms with Crippen LogP contribution in [0, 0.1) is 6.92 Å². The number of hydrogen-bond acceptors (Lipinski definition) is 3. The summed E-state index contributed by atoms with van der Waals surface area (Å²) in [4.78, 5) is 14.5. The largest absolute Gasteiger partial charge is 0.384 e. The number of primary amides is 1. The van der Waals surface area contributed by atoms with E-state index in [2.05, 4.69) is 4.98 Å². The molecule has 4 nitrogen and oxygen atoms in total. The fourth-order valence-corrected chi connectivity index (χ4v) is 0.939. The molecule has 1 amide bonds. The van der Waals surface area contributed by atoms with E-state index in [-0.39, 0.29) is 0 Å². The first-order valence-corrected chi connectivity index (χ1v) is 3.80. The molecule has 68 valence electrons. The van der Waals surface area contributed by atoms with Gasteiger partial charge in [-0.3, -0.25) is 4.79 Å². The van der Waals surface area contributed by atoms with Crippen molar-refractivity contribution in [2.45, 2.75) is 6.92 Å². The quantitative estimate of drug-likeness (QED) is 0.644. The van der Waals surface area contributed by atoms with E-state index in [0.29, 0.717) is 5.82 Å². The van der Waals surface area contributed by atoms with Gasteiger partial charge >= 0.3 is 0 Å². The van der Waals surface area contributed by atoms with Crippen LogP contribution in [0.4, 0.5) is 5.82 Å². The first kappa shape index (κ1) is 9.25. The van der Waals surface area contributed by atoms with Crippen LogP contribution in [0.5, 0.6) is 0 Å². The normalized spacial score (nSPS) is 10.5. The van der Waals surface area contributed by atoms with Crippen molar-refractivity contribution in [2.24, 2.45) is 5.73 Å². The van der Waals surface area contributed by atoms with Crippen molar-refractivity contribution in [1.29, 1.82) is 0 Å². The molecule has 1 rings (SSSR count). The zero-order valence-electron chi connectivity index (χ0n) is 7.32. The number of nitrogen functional groups attached to an aromatic ring is 1. The highest BCUT2D eigenvalue weighted by Gasteiger charge is 1.95. The van der Waals surface area contributed by atoms with Gasteiger partial charge in [-0.25, -0.2) is 4.98 Å². The smallest absolute Gasteiger partial charge is 0.241 e. The van der Waals surface area contributed by atoms with Gasteiger partial charge in [-0.2, -0.15) is 0 Å². The molecule has 0 aliphatic rings. The van der Waals surface area contributed by atoms with Crippen molar-refractivity contribution in [1.82, 2.24) is 4.98 Å². The third kappa shape index (κ3) is 2.59. The number of pyridine rings is 1. The lowest BCUT2D eigenvalue weighted by molar-refractivity contribution is -0.113. The number of rotatable bonds is 2. The lowest BCUT2D eigenvalue weighted by Crippen LogP contribution is -2.05. The number of nitrogens with zero attached hydrogens (tertiary/aromatic N) is 1. The van der Waals surface area contributed by atoms with Gasteiger partial charge in [0, 0.05) is 11.8 Å². The number of nitrogens with two attached hydrogens (primary N) is 2. The standard InChI is InChI=1S/C9H11N3O/c1-6-7(3-5-9(11)13)2-4-8(10)12-6/h2-5H,1H3,(H2,10,12)(H2,11,13). The van der Waals surface area contributed by atoms with E-state index in [1.807, 2.05) is 6.92 Å². The molecule has 0 saturated heterocycles. The molecule has 0 spiro atoms. The van der Waals surface area contributed by atoms with Crippen LogP contribution in [0.25, 0.3) is 6.08 Å². The van der Waals surface area contributed by atoms with E-state index in [1.54, 1.807) is 18.2 Å². The SMILES string of the molecule is Cc1nc(N)ccc1C=CC(N)=O. The number of anilines is 1. The van der Waals surface area contributed by atoms with Gasteiger partial charge in [-0.05, 0) is 30.7 Å². The molecule has 0 fully saturated rings. The summed E-state index contributed by atoms with van der Waals surface area (Å²) in [5, 5.41) is 0. The summed E-state index contributed by atoms with van der Waals surface area (Å²) in [6.45, 7) is 1.82. The summed E-state index contributed by atoms with van der Waals surface area (Å²) >= 11 is 0. The highest BCUT2D eigenvalue weighted by Crippen LogP contribution is 2.09. The number of carbonyl (C=O) groups excluding carboxylic acids is 1. The van der Waals surface area contributed by atoms with Gasteiger partial charge in [0.1, 0.15) is 5.82 Å². The number of amides is 1. The van der Waals surface area contributed by atoms with Crippen molar-refractivity contribution in [2.75, 3.05) is 5.73 Å². The Bertz CT molecular complexity index is 358. The predicted octanol–water partition coefficient (Wildman–Crippen LogP) is 0.471. The molecule has 0 radical (unpaired) electrons. The molecule has 4 N–H and O–H groups in total. The molecule has 1 heterocycles. The summed E-state index contributed by atoms with van der Waals surface area (Å²) in [6.07, 6.45) is 2.91. The maximum absolute atomic E-state index is 10.4. The molecule has 13 heavy (non-hydrogen) atoms. The van der Waals surface area contributed by atoms with Crippen LogP contribution in [0.2, 0.25) is 0 Å². The number of hydrogen-bond donors (Lipinski definition) is 2. The second-order valence-electron chi connectivity index (χ2n) is 2.65. The Balaban J connectivity index is 2.96. The molecule has 0 saturated carbocycles. The highest BCUT2D eigenvalue weighted by atomic mass is 16.1. The Labute approximate surface area is 76.3 Å². The van der Waals surface area contributed by atoms with Crippen LogP contribution in [-0.4, -0.2) is 10.9 Å². The number of aryl methyl sites for hydroxylation is 1. The van der Waals surface area contributed by atoms with E-state index >= 15 is 0 Å². The average molecular weight is 177 g/mol. The molecule has 1 aromatic heterocycles. The van der Waals surface area contributed by atoms with Gasteiger partial charge in [0.25, 0.3) is 0 Å². The van der Waals surface area contributed by atoms with E-state index in [9.17, 15) is 4.79 Å². The van der Waals surface area contributed by atoms with E-state index in [0.717, 1.165) is 11.3 Å². The van der Waals surface area contributed by atoms with Crippen molar-refractivity contribution in [3.8, 4) is 0 Å². The van der Waals surface area contributed by atoms with Crippen LogP contribution < -0.4 is 11.5 Å². The fraction of sp³-hybridized carbons (Fsp3) is 0.111. The van der Waals surface area contributed by atoms with Gasteiger partial charge in [0.2, 0.25) is 5.91 Å². The lowest BCUT2D eigenvalue weighted by Gasteiger charge is -1.99. The molecule has 0 unspecified atom stereocenters. The zero-order chi connectivity index (χ0) is 9.84. The Morgan fingerprint density at radius 3 is 2.77 bits per heavy atom. The second kappa shape index (κ2) is 3.71. The number of aromatic nitrogens is 1. The molecule has 0 aliphatic carbocycles. The van der Waals surface area contributed by atoms with Crippen LogP contribution in [-0.2, 0) is 4.79 Å². The van der Waals surface area contributed by atoms with Crippen molar-refractivity contribution in [3.05, 3.63) is 29.5 Å². The number of carbonyl (C=O) groups is 1. The van der Waals surface area contributed by atoms with Crippen molar-refractivity contribution < 1.29 is 4.79 Å². The van der Waals surface area contributed by atoms with Crippen molar-refractivity contribution in [3.63, 3.8) is 0 Å². The van der Waals surface area contributed by atoms with E-state index in [1.165, 1.54) is 6.08 Å². The first-order valence-electron chi connectivity index (χ1n) is 3.80. The first-order chi connectivity index (χ1) is 6.09. The third-order valence-corrected chi connectivity index (χ3v) is 1.58. The van der Waals surface area contributed by atoms with Gasteiger partial charge in [0.05, 0.1) is 0 Å². The summed E-state index contributed by atoms with van der Waals surface area (Å²) in [6, 6.07) is 3.46. The second-order valence-corrected chi connectivity index (χ2v) is 2.65. The molecular weight excluding hydrogens is 166 g/mol. The highest BCUT2D eigenvalue weighted by molar-refractivity contribution is 5.90. The third-order valence-electron chi connectivity index (χ3n) is 1.58. The fourth-order valence-electron chi connectivity index (χ4n) is 0.939. The van der Waals surface area contributed by atoms with Gasteiger partial charge < -0.3 is 11.5 Å². The summed E-state index contributed by atoms with van der Waals surface area (Å²) in [5.74, 6) is -0.00931. The lowest BCUT2D eigenvalue weighted by atomic mass is 10.2. The summed E-state index contributed by atoms with van der Waals surface area (Å²) in [5.41, 5.74) is 12.0. The van der Waals surface area contributed by atoms with Crippen molar-refractivity contribution >= 4 is 17.8 Å². The molecule has 0 aliphatic heterocycles. The zero-order valence-corrected chi connectivity index (χ0v) is 7.32. The van der Waals surface area contributed by atoms with Crippen LogP contribution in [0.1, 0.15) is 11.3 Å². The summed E-state index contributed by atoms with van der Waals surface area (Å²) in [7, 11) is 0. The molecular formula is C9H11N3O. The average Bonchev–Trinajstić information content (AvgIpc) is 2.02. The van der Waals surface area contributed by atoms with Crippen LogP contribution >= 0.6 is 0 Å². The minimum atomic E-state index is -0.476. The Hall–Kier alpha value is -1.84.